The van der Waals surface area contributed by atoms with Crippen molar-refractivity contribution in [2.45, 2.75) is 43.5 Å². The van der Waals surface area contributed by atoms with Crippen LogP contribution in [0.2, 0.25) is 0 Å². The first kappa shape index (κ1) is 19.6. The number of hydrogen-bond acceptors (Lipinski definition) is 6. The summed E-state index contributed by atoms with van der Waals surface area (Å²) in [4.78, 5) is 22.8. The van der Waals surface area contributed by atoms with Gasteiger partial charge in [0.25, 0.3) is 0 Å². The number of amides is 1. The number of hydrogen-bond donors (Lipinski definition) is 2. The molecular formula is C16H20N4O5S. The zero-order chi connectivity index (χ0) is 19.3. The summed E-state index contributed by atoms with van der Waals surface area (Å²) in [6.07, 6.45) is 1.53. The lowest BCUT2D eigenvalue weighted by Gasteiger charge is -2.08. The Balaban J connectivity index is 1.90. The van der Waals surface area contributed by atoms with Gasteiger partial charge in [0, 0.05) is 0 Å². The maximum absolute atomic E-state index is 12.1. The van der Waals surface area contributed by atoms with Gasteiger partial charge >= 0.3 is 5.97 Å². The van der Waals surface area contributed by atoms with Crippen LogP contribution in [0.4, 0.5) is 0 Å². The van der Waals surface area contributed by atoms with Crippen molar-refractivity contribution in [3.8, 4) is 0 Å². The van der Waals surface area contributed by atoms with Crippen molar-refractivity contribution in [3.05, 3.63) is 41.7 Å². The first-order valence-corrected chi connectivity index (χ1v) is 9.43. The average molecular weight is 380 g/mol. The molecule has 0 saturated heterocycles. The highest BCUT2D eigenvalue weighted by Crippen LogP contribution is 2.16. The maximum atomic E-state index is 12.1. The van der Waals surface area contributed by atoms with E-state index in [0.29, 0.717) is 11.3 Å². The highest BCUT2D eigenvalue weighted by Gasteiger charge is 2.18. The van der Waals surface area contributed by atoms with E-state index in [2.05, 4.69) is 15.6 Å². The number of carbonyl (C=O) groups is 2. The first-order valence-electron chi connectivity index (χ1n) is 7.89. The summed E-state index contributed by atoms with van der Waals surface area (Å²) >= 11 is 0. The van der Waals surface area contributed by atoms with E-state index in [0.717, 1.165) is 4.68 Å². The summed E-state index contributed by atoms with van der Waals surface area (Å²) in [5, 5.41) is 18.2. The third-order valence-corrected chi connectivity index (χ3v) is 5.76. The van der Waals surface area contributed by atoms with Gasteiger partial charge in [0.2, 0.25) is 5.91 Å². The van der Waals surface area contributed by atoms with Crippen molar-refractivity contribution in [2.75, 3.05) is 0 Å². The fraction of sp³-hybridized carbons (Fsp3) is 0.375. The van der Waals surface area contributed by atoms with Crippen molar-refractivity contribution >= 4 is 21.7 Å². The molecule has 1 aromatic carbocycles. The van der Waals surface area contributed by atoms with Gasteiger partial charge in [-0.2, -0.15) is 0 Å². The van der Waals surface area contributed by atoms with Gasteiger partial charge in [-0.15, -0.1) is 5.10 Å². The van der Waals surface area contributed by atoms with E-state index in [9.17, 15) is 18.0 Å². The van der Waals surface area contributed by atoms with E-state index in [-0.39, 0.29) is 30.3 Å². The van der Waals surface area contributed by atoms with E-state index in [1.807, 2.05) is 0 Å². The number of aromatic nitrogens is 3. The van der Waals surface area contributed by atoms with E-state index in [1.54, 1.807) is 26.0 Å². The van der Waals surface area contributed by atoms with Gasteiger partial charge in [0.1, 0.15) is 12.2 Å². The zero-order valence-electron chi connectivity index (χ0n) is 14.4. The Bertz CT molecular complexity index is 888. The van der Waals surface area contributed by atoms with E-state index in [4.69, 9.17) is 5.11 Å². The van der Waals surface area contributed by atoms with Crippen LogP contribution in [-0.4, -0.2) is 45.6 Å². The molecule has 0 fully saturated rings. The minimum Gasteiger partial charge on any atom is -0.480 e. The Kier molecular flexibility index (Phi) is 6.09. The van der Waals surface area contributed by atoms with Crippen LogP contribution in [-0.2, 0) is 38.9 Å². The highest BCUT2D eigenvalue weighted by atomic mass is 32.2. The number of nitrogens with one attached hydrogen (secondary N) is 1. The quantitative estimate of drug-likeness (QED) is 0.678. The van der Waals surface area contributed by atoms with Gasteiger partial charge < -0.3 is 10.4 Å². The van der Waals surface area contributed by atoms with Gasteiger partial charge in [-0.05, 0) is 31.5 Å². The van der Waals surface area contributed by atoms with Crippen LogP contribution < -0.4 is 5.32 Å². The molecule has 0 unspecified atom stereocenters. The number of carboxylic acid groups (broad SMARTS) is 1. The molecular weight excluding hydrogens is 360 g/mol. The fourth-order valence-electron chi connectivity index (χ4n) is 2.14. The summed E-state index contributed by atoms with van der Waals surface area (Å²) < 4.78 is 25.3. The topological polar surface area (TPSA) is 131 Å². The fourth-order valence-corrected chi connectivity index (χ4v) is 3.20. The zero-order valence-corrected chi connectivity index (χ0v) is 15.2. The van der Waals surface area contributed by atoms with Gasteiger partial charge in [-0.25, -0.2) is 13.1 Å². The molecule has 2 rings (SSSR count). The second-order valence-electron chi connectivity index (χ2n) is 5.99. The number of rotatable bonds is 8. The molecule has 10 heteroatoms. The van der Waals surface area contributed by atoms with Crippen molar-refractivity contribution < 1.29 is 23.1 Å². The molecule has 0 aliphatic carbocycles. The number of carboxylic acids is 1. The van der Waals surface area contributed by atoms with Crippen molar-refractivity contribution in [1.29, 1.82) is 0 Å². The minimum atomic E-state index is -3.33. The van der Waals surface area contributed by atoms with Crippen LogP contribution in [0, 0.1) is 0 Å². The predicted molar refractivity (Wildman–Crippen MR) is 92.0 cm³/mol. The Morgan fingerprint density at radius 2 is 1.88 bits per heavy atom. The lowest BCUT2D eigenvalue weighted by molar-refractivity contribution is -0.138. The van der Waals surface area contributed by atoms with Crippen LogP contribution in [0.25, 0.3) is 0 Å². The Morgan fingerprint density at radius 3 is 2.46 bits per heavy atom. The van der Waals surface area contributed by atoms with Crippen LogP contribution >= 0.6 is 0 Å². The molecule has 9 nitrogen and oxygen atoms in total. The lowest BCUT2D eigenvalue weighted by Crippen LogP contribution is -2.24. The standard InChI is InChI=1S/C16H20N4O5S/c1-11(2)26(24,25)14-5-3-12(4-6-14)7-15(21)17-8-13-9-20(19-18-13)10-16(22)23/h3-6,9,11H,7-8,10H2,1-2H3,(H,17,21)(H,22,23). The van der Waals surface area contributed by atoms with Gasteiger partial charge in [0.05, 0.1) is 29.3 Å². The third-order valence-electron chi connectivity index (χ3n) is 3.59. The van der Waals surface area contributed by atoms with Crippen LogP contribution in [0.5, 0.6) is 0 Å². The van der Waals surface area contributed by atoms with E-state index in [1.165, 1.54) is 18.3 Å². The largest absolute Gasteiger partial charge is 0.480 e. The molecule has 0 aliphatic rings. The van der Waals surface area contributed by atoms with Gasteiger partial charge in [-0.1, -0.05) is 17.3 Å². The van der Waals surface area contributed by atoms with Crippen molar-refractivity contribution in [1.82, 2.24) is 20.3 Å². The maximum Gasteiger partial charge on any atom is 0.325 e. The smallest absolute Gasteiger partial charge is 0.325 e. The second kappa shape index (κ2) is 8.09. The molecule has 1 heterocycles. The van der Waals surface area contributed by atoms with Crippen LogP contribution in [0.1, 0.15) is 25.1 Å². The van der Waals surface area contributed by atoms with Crippen molar-refractivity contribution in [3.63, 3.8) is 0 Å². The molecule has 0 atom stereocenters. The Labute approximate surface area is 150 Å². The van der Waals surface area contributed by atoms with E-state index >= 15 is 0 Å². The molecule has 2 aromatic rings. The summed E-state index contributed by atoms with van der Waals surface area (Å²) in [5.41, 5.74) is 1.12. The summed E-state index contributed by atoms with van der Waals surface area (Å²) in [7, 11) is -3.33. The highest BCUT2D eigenvalue weighted by molar-refractivity contribution is 7.92. The molecule has 2 N–H and O–H groups in total. The summed E-state index contributed by atoms with van der Waals surface area (Å²) in [6.45, 7) is 3.05. The van der Waals surface area contributed by atoms with Crippen LogP contribution in [0.3, 0.4) is 0 Å². The minimum absolute atomic E-state index is 0.0886. The Hall–Kier alpha value is -2.75. The molecule has 0 bridgehead atoms. The second-order valence-corrected chi connectivity index (χ2v) is 8.50. The average Bonchev–Trinajstić information content (AvgIpc) is 3.00. The number of carbonyl (C=O) groups excluding carboxylic acids is 1. The number of aliphatic carboxylic acids is 1. The van der Waals surface area contributed by atoms with Gasteiger partial charge in [0.15, 0.2) is 9.84 Å². The van der Waals surface area contributed by atoms with Crippen molar-refractivity contribution in [2.24, 2.45) is 0 Å². The summed E-state index contributed by atoms with van der Waals surface area (Å²) in [5.74, 6) is -1.30. The SMILES string of the molecule is CC(C)S(=O)(=O)c1ccc(CC(=O)NCc2cn(CC(=O)O)nn2)cc1. The predicted octanol–water partition coefficient (Wildman–Crippen LogP) is 0.404. The Morgan fingerprint density at radius 1 is 1.23 bits per heavy atom. The molecule has 140 valence electrons. The van der Waals surface area contributed by atoms with Gasteiger partial charge in [-0.3, -0.25) is 9.59 Å². The number of benzene rings is 1. The molecule has 0 saturated carbocycles. The third kappa shape index (κ3) is 5.12. The monoisotopic (exact) mass is 380 g/mol. The molecule has 0 spiro atoms. The van der Waals surface area contributed by atoms with Crippen LogP contribution in [0.15, 0.2) is 35.4 Å². The molecule has 26 heavy (non-hydrogen) atoms. The molecule has 0 aliphatic heterocycles. The number of sulfone groups is 1. The molecule has 1 aromatic heterocycles. The number of nitrogens with zero attached hydrogens (tertiary/aromatic N) is 3. The molecule has 0 radical (unpaired) electrons. The van der Waals surface area contributed by atoms with E-state index < -0.39 is 21.1 Å². The lowest BCUT2D eigenvalue weighted by atomic mass is 10.1. The molecule has 1 amide bonds. The normalized spacial score (nSPS) is 11.5. The first-order chi connectivity index (χ1) is 12.2. The summed E-state index contributed by atoms with van der Waals surface area (Å²) in [6, 6.07) is 6.21.